The minimum absolute atomic E-state index is 0.704. The van der Waals surface area contributed by atoms with Crippen molar-refractivity contribution in [1.82, 2.24) is 15.0 Å². The number of anilines is 1. The molecule has 162 valence electrons. The van der Waals surface area contributed by atoms with E-state index in [-0.39, 0.29) is 0 Å². The summed E-state index contributed by atoms with van der Waals surface area (Å²) in [4.78, 5) is 13.5. The van der Waals surface area contributed by atoms with E-state index in [1.165, 1.54) is 16.7 Å². The van der Waals surface area contributed by atoms with Gasteiger partial charge in [0.2, 0.25) is 0 Å². The van der Waals surface area contributed by atoms with Crippen molar-refractivity contribution in [2.45, 2.75) is 13.3 Å². The summed E-state index contributed by atoms with van der Waals surface area (Å²) in [6, 6.07) is 24.7. The summed E-state index contributed by atoms with van der Waals surface area (Å²) >= 11 is 6.14. The molecule has 0 aliphatic rings. The van der Waals surface area contributed by atoms with Gasteiger partial charge in [0.05, 0.1) is 5.69 Å². The summed E-state index contributed by atoms with van der Waals surface area (Å²) in [5.41, 5.74) is 6.59. The van der Waals surface area contributed by atoms with E-state index in [0.717, 1.165) is 46.5 Å². The van der Waals surface area contributed by atoms with Crippen LogP contribution in [0.2, 0.25) is 5.02 Å². The normalized spacial score (nSPS) is 11.0. The third kappa shape index (κ3) is 4.86. The van der Waals surface area contributed by atoms with Gasteiger partial charge in [-0.2, -0.15) is 0 Å². The fourth-order valence-corrected chi connectivity index (χ4v) is 4.12. The molecule has 3 aromatic heterocycles. The first-order valence-corrected chi connectivity index (χ1v) is 11.3. The van der Waals surface area contributed by atoms with E-state index >= 15 is 0 Å². The molecule has 33 heavy (non-hydrogen) atoms. The monoisotopic (exact) mass is 450 g/mol. The summed E-state index contributed by atoms with van der Waals surface area (Å²) in [6.07, 6.45) is 6.47. The third-order valence-corrected chi connectivity index (χ3v) is 5.89. The van der Waals surface area contributed by atoms with Crippen LogP contribution < -0.4 is 5.32 Å². The number of hydrogen-bond donors (Lipinski definition) is 1. The number of hydrogen-bond acceptors (Lipinski definition) is 4. The quantitative estimate of drug-likeness (QED) is 0.303. The Balaban J connectivity index is 1.28. The number of nitrogens with zero attached hydrogens (tertiary/aromatic N) is 3. The average molecular weight is 451 g/mol. The Morgan fingerprint density at radius 3 is 2.45 bits per heavy atom. The SMILES string of the molecule is Cc1cc(-c2ccc(CCNc3nccc4cc(-c5cccc(Cl)c5)ncc34)cc2)ccn1. The summed E-state index contributed by atoms with van der Waals surface area (Å²) in [6.45, 7) is 2.80. The van der Waals surface area contributed by atoms with Crippen LogP contribution in [0, 0.1) is 6.92 Å². The number of nitrogens with one attached hydrogen (secondary N) is 1. The molecule has 1 N–H and O–H groups in total. The highest BCUT2D eigenvalue weighted by Gasteiger charge is 2.07. The number of aromatic nitrogens is 3. The van der Waals surface area contributed by atoms with Crippen molar-refractivity contribution in [2.24, 2.45) is 0 Å². The standard InChI is InChI=1S/C28H23ClN4/c1-19-15-22(10-13-30-19)21-7-5-20(6-8-21)9-12-31-28-26-18-33-27(17-23(26)11-14-32-28)24-3-2-4-25(29)16-24/h2-8,10-11,13-18H,9,12H2,1H3,(H,31,32). The first-order chi connectivity index (χ1) is 16.2. The summed E-state index contributed by atoms with van der Waals surface area (Å²) in [5, 5.41) is 6.28. The molecule has 0 fully saturated rings. The Labute approximate surface area is 198 Å². The molecule has 4 nitrogen and oxygen atoms in total. The number of pyridine rings is 3. The average Bonchev–Trinajstić information content (AvgIpc) is 2.84. The highest BCUT2D eigenvalue weighted by Crippen LogP contribution is 2.27. The smallest absolute Gasteiger partial charge is 0.135 e. The van der Waals surface area contributed by atoms with E-state index in [1.54, 1.807) is 0 Å². The largest absolute Gasteiger partial charge is 0.369 e. The van der Waals surface area contributed by atoms with Crippen LogP contribution in [0.25, 0.3) is 33.2 Å². The molecule has 0 saturated carbocycles. The van der Waals surface area contributed by atoms with Crippen LogP contribution in [0.1, 0.15) is 11.3 Å². The van der Waals surface area contributed by atoms with Crippen LogP contribution in [-0.4, -0.2) is 21.5 Å². The molecule has 5 heteroatoms. The number of fused-ring (bicyclic) bond motifs is 1. The lowest BCUT2D eigenvalue weighted by Crippen LogP contribution is -2.06. The summed E-state index contributed by atoms with van der Waals surface area (Å²) in [7, 11) is 0. The Kier molecular flexibility index (Phi) is 6.01. The minimum Gasteiger partial charge on any atom is -0.369 e. The van der Waals surface area contributed by atoms with Gasteiger partial charge in [-0.1, -0.05) is 48.0 Å². The number of aryl methyl sites for hydroxylation is 1. The molecule has 0 unspecified atom stereocenters. The molecule has 5 rings (SSSR count). The lowest BCUT2D eigenvalue weighted by Gasteiger charge is -2.10. The fourth-order valence-electron chi connectivity index (χ4n) is 3.93. The van der Waals surface area contributed by atoms with Gasteiger partial charge in [-0.25, -0.2) is 4.98 Å². The molecule has 0 aliphatic carbocycles. The number of halogens is 1. The minimum atomic E-state index is 0.704. The maximum absolute atomic E-state index is 6.14. The second kappa shape index (κ2) is 9.39. The summed E-state index contributed by atoms with van der Waals surface area (Å²) in [5.74, 6) is 0.849. The van der Waals surface area contributed by atoms with E-state index in [9.17, 15) is 0 Å². The van der Waals surface area contributed by atoms with Crippen molar-refractivity contribution < 1.29 is 0 Å². The van der Waals surface area contributed by atoms with E-state index < -0.39 is 0 Å². The molecular weight excluding hydrogens is 428 g/mol. The maximum atomic E-state index is 6.14. The van der Waals surface area contributed by atoms with Crippen molar-refractivity contribution in [3.05, 3.63) is 108 Å². The van der Waals surface area contributed by atoms with Crippen LogP contribution in [0.15, 0.2) is 91.4 Å². The van der Waals surface area contributed by atoms with Gasteiger partial charge in [0.15, 0.2) is 0 Å². The van der Waals surface area contributed by atoms with Crippen LogP contribution in [0.3, 0.4) is 0 Å². The predicted octanol–water partition coefficient (Wildman–Crippen LogP) is 6.98. The van der Waals surface area contributed by atoms with Gasteiger partial charge in [-0.3, -0.25) is 9.97 Å². The third-order valence-electron chi connectivity index (χ3n) is 5.66. The molecule has 0 amide bonds. The highest BCUT2D eigenvalue weighted by molar-refractivity contribution is 6.30. The van der Waals surface area contributed by atoms with Gasteiger partial charge < -0.3 is 5.32 Å². The van der Waals surface area contributed by atoms with Gasteiger partial charge in [-0.05, 0) is 71.8 Å². The van der Waals surface area contributed by atoms with E-state index in [1.807, 2.05) is 61.9 Å². The second-order valence-electron chi connectivity index (χ2n) is 8.02. The van der Waals surface area contributed by atoms with Crippen molar-refractivity contribution >= 4 is 28.2 Å². The molecule has 0 aliphatic heterocycles. The molecule has 0 radical (unpaired) electrons. The molecular formula is C28H23ClN4. The molecule has 0 bridgehead atoms. The van der Waals surface area contributed by atoms with Crippen molar-refractivity contribution in [3.63, 3.8) is 0 Å². The maximum Gasteiger partial charge on any atom is 0.135 e. The Morgan fingerprint density at radius 2 is 1.64 bits per heavy atom. The van der Waals surface area contributed by atoms with E-state index in [4.69, 9.17) is 11.6 Å². The predicted molar refractivity (Wildman–Crippen MR) is 137 cm³/mol. The zero-order valence-electron chi connectivity index (χ0n) is 18.3. The molecule has 0 saturated heterocycles. The topological polar surface area (TPSA) is 50.7 Å². The van der Waals surface area contributed by atoms with Gasteiger partial charge in [0.1, 0.15) is 5.82 Å². The first kappa shape index (κ1) is 21.1. The molecule has 2 aromatic carbocycles. The zero-order chi connectivity index (χ0) is 22.6. The summed E-state index contributed by atoms with van der Waals surface area (Å²) < 4.78 is 0. The van der Waals surface area contributed by atoms with Crippen LogP contribution in [0.4, 0.5) is 5.82 Å². The van der Waals surface area contributed by atoms with Gasteiger partial charge >= 0.3 is 0 Å². The number of rotatable bonds is 6. The first-order valence-electron chi connectivity index (χ1n) is 10.9. The second-order valence-corrected chi connectivity index (χ2v) is 8.46. The Hall–Kier alpha value is -3.76. The highest BCUT2D eigenvalue weighted by atomic mass is 35.5. The van der Waals surface area contributed by atoms with Crippen LogP contribution in [0.5, 0.6) is 0 Å². The van der Waals surface area contributed by atoms with Gasteiger partial charge in [0.25, 0.3) is 0 Å². The lowest BCUT2D eigenvalue weighted by atomic mass is 10.0. The van der Waals surface area contributed by atoms with Crippen molar-refractivity contribution in [3.8, 4) is 22.4 Å². The van der Waals surface area contributed by atoms with Gasteiger partial charge in [-0.15, -0.1) is 0 Å². The Morgan fingerprint density at radius 1 is 0.788 bits per heavy atom. The molecule has 0 spiro atoms. The molecule has 0 atom stereocenters. The van der Waals surface area contributed by atoms with Gasteiger partial charge in [0, 0.05) is 46.8 Å². The number of benzene rings is 2. The van der Waals surface area contributed by atoms with E-state index in [2.05, 4.69) is 56.7 Å². The van der Waals surface area contributed by atoms with Crippen molar-refractivity contribution in [1.29, 1.82) is 0 Å². The van der Waals surface area contributed by atoms with Crippen molar-refractivity contribution in [2.75, 3.05) is 11.9 Å². The van der Waals surface area contributed by atoms with E-state index in [0.29, 0.717) is 5.02 Å². The van der Waals surface area contributed by atoms with Crippen LogP contribution in [-0.2, 0) is 6.42 Å². The molecule has 5 aromatic rings. The zero-order valence-corrected chi connectivity index (χ0v) is 19.1. The molecule has 3 heterocycles. The Bertz CT molecular complexity index is 1410. The van der Waals surface area contributed by atoms with Crippen LogP contribution >= 0.6 is 11.6 Å². The lowest BCUT2D eigenvalue weighted by molar-refractivity contribution is 1.01. The fraction of sp³-hybridized carbons (Fsp3) is 0.107.